The molecule has 2 N–H and O–H groups in total. The lowest BCUT2D eigenvalue weighted by Gasteiger charge is -2.21. The standard InChI is InChI=1S/C18H18F2N2O2/c19-16-6-5-15(11-17(16)20)21-13-1-3-14(4-2-13)22-18(23)12-7-9-24-10-8-12/h1-6,11-12,21H,7-10H2,(H,22,23). The molecule has 4 nitrogen and oxygen atoms in total. The average Bonchev–Trinajstić information content (AvgIpc) is 2.61. The lowest BCUT2D eigenvalue weighted by molar-refractivity contribution is -0.122. The van der Waals surface area contributed by atoms with Crippen LogP contribution in [0.1, 0.15) is 12.8 Å². The van der Waals surface area contributed by atoms with Gasteiger partial charge in [0.05, 0.1) is 0 Å². The maximum absolute atomic E-state index is 13.2. The molecular weight excluding hydrogens is 314 g/mol. The van der Waals surface area contributed by atoms with E-state index in [4.69, 9.17) is 4.74 Å². The number of anilines is 3. The summed E-state index contributed by atoms with van der Waals surface area (Å²) < 4.78 is 31.4. The predicted octanol–water partition coefficient (Wildman–Crippen LogP) is 4.07. The zero-order valence-corrected chi connectivity index (χ0v) is 13.0. The Kier molecular flexibility index (Phi) is 5.05. The third-order valence-corrected chi connectivity index (χ3v) is 3.95. The number of nitrogens with one attached hydrogen (secondary N) is 2. The Labute approximate surface area is 138 Å². The zero-order valence-electron chi connectivity index (χ0n) is 13.0. The zero-order chi connectivity index (χ0) is 16.9. The molecule has 2 aromatic rings. The Hall–Kier alpha value is -2.47. The summed E-state index contributed by atoms with van der Waals surface area (Å²) in [5.74, 6) is -1.80. The highest BCUT2D eigenvalue weighted by Gasteiger charge is 2.21. The molecule has 2 aromatic carbocycles. The number of carbonyl (C=O) groups excluding carboxylic acids is 1. The van der Waals surface area contributed by atoms with Gasteiger partial charge in [-0.15, -0.1) is 0 Å². The Balaban J connectivity index is 1.60. The summed E-state index contributed by atoms with van der Waals surface area (Å²) in [6, 6.07) is 10.7. The number of amides is 1. The molecule has 1 heterocycles. The van der Waals surface area contributed by atoms with Crippen molar-refractivity contribution in [2.75, 3.05) is 23.8 Å². The maximum atomic E-state index is 13.2. The van der Waals surface area contributed by atoms with Gasteiger partial charge in [0, 0.05) is 42.3 Å². The third kappa shape index (κ3) is 4.08. The van der Waals surface area contributed by atoms with Crippen molar-refractivity contribution in [3.8, 4) is 0 Å². The van der Waals surface area contributed by atoms with Crippen LogP contribution in [-0.4, -0.2) is 19.1 Å². The summed E-state index contributed by atoms with van der Waals surface area (Å²) >= 11 is 0. The van der Waals surface area contributed by atoms with Crippen LogP contribution in [0, 0.1) is 17.6 Å². The molecule has 0 spiro atoms. The minimum Gasteiger partial charge on any atom is -0.381 e. The SMILES string of the molecule is O=C(Nc1ccc(Nc2ccc(F)c(F)c2)cc1)C1CCOCC1. The van der Waals surface area contributed by atoms with E-state index in [0.717, 1.165) is 25.0 Å². The molecule has 0 bridgehead atoms. The van der Waals surface area contributed by atoms with Gasteiger partial charge in [0.25, 0.3) is 0 Å². The Bertz CT molecular complexity index is 713. The summed E-state index contributed by atoms with van der Waals surface area (Å²) in [7, 11) is 0. The van der Waals surface area contributed by atoms with Crippen molar-refractivity contribution in [3.05, 3.63) is 54.1 Å². The van der Waals surface area contributed by atoms with Crippen LogP contribution in [0.5, 0.6) is 0 Å². The molecule has 1 fully saturated rings. The second kappa shape index (κ2) is 7.40. The van der Waals surface area contributed by atoms with Gasteiger partial charge < -0.3 is 15.4 Å². The molecule has 1 saturated heterocycles. The van der Waals surface area contributed by atoms with Crippen LogP contribution in [0.3, 0.4) is 0 Å². The highest BCUT2D eigenvalue weighted by molar-refractivity contribution is 5.92. The van der Waals surface area contributed by atoms with Crippen LogP contribution < -0.4 is 10.6 Å². The first-order valence-electron chi connectivity index (χ1n) is 7.82. The average molecular weight is 332 g/mol. The number of rotatable bonds is 4. The number of ether oxygens (including phenoxy) is 1. The summed E-state index contributed by atoms with van der Waals surface area (Å²) in [6.07, 6.45) is 1.48. The summed E-state index contributed by atoms with van der Waals surface area (Å²) in [6.45, 7) is 1.24. The van der Waals surface area contributed by atoms with Crippen molar-refractivity contribution in [2.24, 2.45) is 5.92 Å². The monoisotopic (exact) mass is 332 g/mol. The van der Waals surface area contributed by atoms with Gasteiger partial charge in [0.2, 0.25) is 5.91 Å². The number of hydrogen-bond donors (Lipinski definition) is 2. The van der Waals surface area contributed by atoms with Crippen LogP contribution >= 0.6 is 0 Å². The molecule has 0 atom stereocenters. The second-order valence-electron chi connectivity index (χ2n) is 5.71. The summed E-state index contributed by atoms with van der Waals surface area (Å²) in [5.41, 5.74) is 1.86. The van der Waals surface area contributed by atoms with Crippen molar-refractivity contribution in [1.82, 2.24) is 0 Å². The molecule has 24 heavy (non-hydrogen) atoms. The van der Waals surface area contributed by atoms with Gasteiger partial charge in [-0.2, -0.15) is 0 Å². The van der Waals surface area contributed by atoms with Crippen LogP contribution in [0.2, 0.25) is 0 Å². The van der Waals surface area contributed by atoms with Crippen molar-refractivity contribution in [3.63, 3.8) is 0 Å². The van der Waals surface area contributed by atoms with E-state index < -0.39 is 11.6 Å². The molecule has 0 aliphatic carbocycles. The van der Waals surface area contributed by atoms with E-state index in [9.17, 15) is 13.6 Å². The molecule has 0 radical (unpaired) electrons. The normalized spacial score (nSPS) is 15.1. The molecule has 0 aromatic heterocycles. The quantitative estimate of drug-likeness (QED) is 0.887. The number of halogens is 2. The highest BCUT2D eigenvalue weighted by Crippen LogP contribution is 2.22. The number of carbonyl (C=O) groups is 1. The second-order valence-corrected chi connectivity index (χ2v) is 5.71. The predicted molar refractivity (Wildman–Crippen MR) is 88.3 cm³/mol. The highest BCUT2D eigenvalue weighted by atomic mass is 19.2. The lowest BCUT2D eigenvalue weighted by atomic mass is 9.99. The van der Waals surface area contributed by atoms with E-state index in [2.05, 4.69) is 10.6 Å². The van der Waals surface area contributed by atoms with Gasteiger partial charge in [-0.1, -0.05) is 0 Å². The van der Waals surface area contributed by atoms with Crippen molar-refractivity contribution in [2.45, 2.75) is 12.8 Å². The van der Waals surface area contributed by atoms with Crippen LogP contribution in [0.15, 0.2) is 42.5 Å². The van der Waals surface area contributed by atoms with Gasteiger partial charge >= 0.3 is 0 Å². The van der Waals surface area contributed by atoms with E-state index in [0.29, 0.717) is 30.3 Å². The Morgan fingerprint density at radius 3 is 2.21 bits per heavy atom. The van der Waals surface area contributed by atoms with E-state index in [-0.39, 0.29) is 11.8 Å². The topological polar surface area (TPSA) is 50.4 Å². The smallest absolute Gasteiger partial charge is 0.227 e. The Morgan fingerprint density at radius 2 is 1.54 bits per heavy atom. The first-order valence-corrected chi connectivity index (χ1v) is 7.82. The molecule has 126 valence electrons. The first-order chi connectivity index (χ1) is 11.6. The molecule has 3 rings (SSSR count). The fraction of sp³-hybridized carbons (Fsp3) is 0.278. The third-order valence-electron chi connectivity index (χ3n) is 3.95. The molecular formula is C18H18F2N2O2. The van der Waals surface area contributed by atoms with Crippen molar-refractivity contribution < 1.29 is 18.3 Å². The largest absolute Gasteiger partial charge is 0.381 e. The van der Waals surface area contributed by atoms with Gasteiger partial charge in [-0.25, -0.2) is 8.78 Å². The fourth-order valence-electron chi connectivity index (χ4n) is 2.58. The van der Waals surface area contributed by atoms with Gasteiger partial charge in [-0.05, 0) is 49.2 Å². The van der Waals surface area contributed by atoms with E-state index in [1.54, 1.807) is 24.3 Å². The Morgan fingerprint density at radius 1 is 0.917 bits per heavy atom. The maximum Gasteiger partial charge on any atom is 0.227 e. The van der Waals surface area contributed by atoms with Gasteiger partial charge in [-0.3, -0.25) is 4.79 Å². The number of benzene rings is 2. The number of hydrogen-bond acceptors (Lipinski definition) is 3. The summed E-state index contributed by atoms with van der Waals surface area (Å²) in [4.78, 5) is 12.2. The molecule has 1 amide bonds. The lowest BCUT2D eigenvalue weighted by Crippen LogP contribution is -2.28. The molecule has 1 aliphatic heterocycles. The van der Waals surface area contributed by atoms with E-state index in [1.807, 2.05) is 0 Å². The molecule has 0 unspecified atom stereocenters. The van der Waals surface area contributed by atoms with E-state index in [1.165, 1.54) is 6.07 Å². The van der Waals surface area contributed by atoms with Crippen LogP contribution in [0.4, 0.5) is 25.8 Å². The van der Waals surface area contributed by atoms with E-state index >= 15 is 0 Å². The van der Waals surface area contributed by atoms with Crippen LogP contribution in [0.25, 0.3) is 0 Å². The minimum atomic E-state index is -0.902. The fourth-order valence-corrected chi connectivity index (χ4v) is 2.58. The molecule has 6 heteroatoms. The van der Waals surface area contributed by atoms with Crippen molar-refractivity contribution in [1.29, 1.82) is 0 Å². The minimum absolute atomic E-state index is 0.000357. The summed E-state index contributed by atoms with van der Waals surface area (Å²) in [5, 5.41) is 5.87. The van der Waals surface area contributed by atoms with Crippen LogP contribution in [-0.2, 0) is 9.53 Å². The molecule has 0 saturated carbocycles. The first kappa shape index (κ1) is 16.4. The van der Waals surface area contributed by atoms with Crippen molar-refractivity contribution >= 4 is 23.0 Å². The van der Waals surface area contributed by atoms with Gasteiger partial charge in [0.1, 0.15) is 0 Å². The molecule has 1 aliphatic rings. The van der Waals surface area contributed by atoms with Gasteiger partial charge in [0.15, 0.2) is 11.6 Å².